The van der Waals surface area contributed by atoms with Crippen LogP contribution in [0.15, 0.2) is 30.6 Å². The van der Waals surface area contributed by atoms with E-state index in [2.05, 4.69) is 43.0 Å². The largest absolute Gasteiger partial charge is 0.401 e. The molecule has 1 aliphatic heterocycles. The topological polar surface area (TPSA) is 101 Å². The van der Waals surface area contributed by atoms with Crippen LogP contribution in [0.25, 0.3) is 5.69 Å². The number of carbonyl (C=O) groups is 1. The molecule has 11 heteroatoms. The first-order valence-corrected chi connectivity index (χ1v) is 11.7. The molecule has 3 N–H and O–H groups in total. The third kappa shape index (κ3) is 5.55. The summed E-state index contributed by atoms with van der Waals surface area (Å²) in [7, 11) is 0. The number of halogens is 3. The fraction of sp³-hybridized carbons (Fsp3) is 0.500. The van der Waals surface area contributed by atoms with Gasteiger partial charge in [-0.05, 0) is 76.2 Å². The van der Waals surface area contributed by atoms with E-state index < -0.39 is 17.5 Å². The number of amides is 1. The number of nitrogens with one attached hydrogen (secondary N) is 3. The number of aromatic nitrogens is 5. The average molecular weight is 490 g/mol. The third-order valence-electron chi connectivity index (χ3n) is 6.55. The molecule has 0 aliphatic carbocycles. The molecule has 1 fully saturated rings. The Labute approximate surface area is 201 Å². The zero-order chi connectivity index (χ0) is 25.2. The number of hydrogen-bond donors (Lipinski definition) is 3. The maximum Gasteiger partial charge on any atom is 0.401 e. The summed E-state index contributed by atoms with van der Waals surface area (Å²) in [4.78, 5) is 16.5. The molecular weight excluding hydrogens is 459 g/mol. The van der Waals surface area contributed by atoms with E-state index in [1.54, 1.807) is 10.9 Å². The Bertz CT molecular complexity index is 1180. The highest BCUT2D eigenvalue weighted by Crippen LogP contribution is 2.38. The first kappa shape index (κ1) is 24.9. The van der Waals surface area contributed by atoms with Crippen LogP contribution in [0.2, 0.25) is 0 Å². The highest BCUT2D eigenvalue weighted by atomic mass is 19.4. The molecule has 0 radical (unpaired) electrons. The van der Waals surface area contributed by atoms with Crippen LogP contribution in [0.5, 0.6) is 0 Å². The van der Waals surface area contributed by atoms with Crippen molar-refractivity contribution in [3.63, 3.8) is 0 Å². The van der Waals surface area contributed by atoms with Crippen molar-refractivity contribution in [2.75, 3.05) is 13.1 Å². The van der Waals surface area contributed by atoms with Crippen LogP contribution in [0, 0.1) is 12.8 Å². The second-order valence-corrected chi connectivity index (χ2v) is 9.60. The number of piperidine rings is 1. The van der Waals surface area contributed by atoms with Gasteiger partial charge in [-0.3, -0.25) is 9.89 Å². The maximum atomic E-state index is 13.2. The van der Waals surface area contributed by atoms with Gasteiger partial charge in [-0.1, -0.05) is 12.1 Å². The predicted octanol–water partition coefficient (Wildman–Crippen LogP) is 3.61. The smallest absolute Gasteiger partial charge is 0.345 e. The molecule has 0 spiro atoms. The molecule has 8 nitrogen and oxygen atoms in total. The first-order chi connectivity index (χ1) is 16.5. The van der Waals surface area contributed by atoms with Gasteiger partial charge in [0.1, 0.15) is 11.2 Å². The molecule has 3 heterocycles. The Hall–Kier alpha value is -3.21. The van der Waals surface area contributed by atoms with Crippen LogP contribution in [0.3, 0.4) is 0 Å². The number of benzene rings is 1. The number of aryl methyl sites for hydroxylation is 1. The van der Waals surface area contributed by atoms with Crippen LogP contribution in [-0.2, 0) is 18.4 Å². The normalized spacial score (nSPS) is 15.4. The molecule has 1 saturated heterocycles. The molecule has 0 atom stereocenters. The van der Waals surface area contributed by atoms with Gasteiger partial charge in [-0.2, -0.15) is 23.4 Å². The molecular formula is C24H30F3N7O. The minimum Gasteiger partial charge on any atom is -0.345 e. The Morgan fingerprint density at radius 3 is 2.66 bits per heavy atom. The van der Waals surface area contributed by atoms with Gasteiger partial charge >= 0.3 is 6.18 Å². The van der Waals surface area contributed by atoms with E-state index in [9.17, 15) is 18.0 Å². The second kappa shape index (κ2) is 9.80. The molecule has 35 heavy (non-hydrogen) atoms. The van der Waals surface area contributed by atoms with E-state index in [1.165, 1.54) is 24.6 Å². The predicted molar refractivity (Wildman–Crippen MR) is 124 cm³/mol. The maximum absolute atomic E-state index is 13.2. The Morgan fingerprint density at radius 1 is 1.23 bits per heavy atom. The van der Waals surface area contributed by atoms with Gasteiger partial charge in [0.2, 0.25) is 0 Å². The molecule has 1 amide bonds. The summed E-state index contributed by atoms with van der Waals surface area (Å²) < 4.78 is 41.2. The van der Waals surface area contributed by atoms with Gasteiger partial charge < -0.3 is 10.6 Å². The van der Waals surface area contributed by atoms with Crippen molar-refractivity contribution < 1.29 is 18.0 Å². The lowest BCUT2D eigenvalue weighted by Crippen LogP contribution is -2.37. The van der Waals surface area contributed by atoms with Gasteiger partial charge in [-0.15, -0.1) is 0 Å². The lowest BCUT2D eigenvalue weighted by Gasteiger charge is -2.24. The van der Waals surface area contributed by atoms with Gasteiger partial charge in [-0.25, -0.2) is 9.67 Å². The fourth-order valence-corrected chi connectivity index (χ4v) is 4.14. The number of alkyl halides is 3. The van der Waals surface area contributed by atoms with Crippen LogP contribution >= 0.6 is 0 Å². The Kier molecular flexibility index (Phi) is 6.98. The molecule has 0 bridgehead atoms. The van der Waals surface area contributed by atoms with Crippen molar-refractivity contribution in [2.45, 2.75) is 58.2 Å². The third-order valence-corrected chi connectivity index (χ3v) is 6.55. The lowest BCUT2D eigenvalue weighted by atomic mass is 9.90. The Balaban J connectivity index is 1.37. The second-order valence-electron chi connectivity index (χ2n) is 9.60. The van der Waals surface area contributed by atoms with Crippen molar-refractivity contribution in [1.29, 1.82) is 0 Å². The molecule has 2 aromatic heterocycles. The summed E-state index contributed by atoms with van der Waals surface area (Å²) in [6, 6.07) is 6.29. The van der Waals surface area contributed by atoms with Crippen molar-refractivity contribution in [3.05, 3.63) is 58.9 Å². The fourth-order valence-electron chi connectivity index (χ4n) is 4.14. The standard InChI is InChI=1S/C24H30F3N7O/c1-15-10-17(11-16-6-8-28-9-7-16)4-5-19(15)34-14-18(12-30-34)21(35)29-13-20-31-22(33-32-20)23(2,3)24(25,26)27/h4-5,10,12,14,16,28H,6-9,11,13H2,1-3H3,(H,29,35)(H,31,32,33). The summed E-state index contributed by atoms with van der Waals surface area (Å²) in [6.07, 6.45) is 2.02. The zero-order valence-electron chi connectivity index (χ0n) is 20.0. The minimum atomic E-state index is -4.49. The highest BCUT2D eigenvalue weighted by molar-refractivity contribution is 5.93. The van der Waals surface area contributed by atoms with Crippen molar-refractivity contribution >= 4 is 5.91 Å². The molecule has 0 saturated carbocycles. The quantitative estimate of drug-likeness (QED) is 0.471. The molecule has 4 rings (SSSR count). The van der Waals surface area contributed by atoms with Crippen molar-refractivity contribution in [3.8, 4) is 5.69 Å². The summed E-state index contributed by atoms with van der Waals surface area (Å²) >= 11 is 0. The van der Waals surface area contributed by atoms with E-state index in [1.807, 2.05) is 13.0 Å². The molecule has 188 valence electrons. The number of carbonyl (C=O) groups excluding carboxylic acids is 1. The van der Waals surface area contributed by atoms with E-state index >= 15 is 0 Å². The number of aromatic amines is 1. The number of hydrogen-bond acceptors (Lipinski definition) is 5. The van der Waals surface area contributed by atoms with Gasteiger partial charge in [0.15, 0.2) is 5.82 Å². The monoisotopic (exact) mass is 489 g/mol. The van der Waals surface area contributed by atoms with Crippen LogP contribution in [-0.4, -0.2) is 50.1 Å². The summed E-state index contributed by atoms with van der Waals surface area (Å²) in [6.45, 7) is 6.10. The summed E-state index contributed by atoms with van der Waals surface area (Å²) in [5.74, 6) is 0.0466. The van der Waals surface area contributed by atoms with Crippen LogP contribution < -0.4 is 10.6 Å². The Morgan fingerprint density at radius 2 is 1.97 bits per heavy atom. The first-order valence-electron chi connectivity index (χ1n) is 11.7. The minimum absolute atomic E-state index is 0.0879. The molecule has 3 aromatic rings. The number of nitrogens with zero attached hydrogens (tertiary/aromatic N) is 4. The van der Waals surface area contributed by atoms with Crippen LogP contribution in [0.1, 0.15) is 59.8 Å². The highest BCUT2D eigenvalue weighted by Gasteiger charge is 2.51. The van der Waals surface area contributed by atoms with Crippen molar-refractivity contribution in [2.24, 2.45) is 5.92 Å². The lowest BCUT2D eigenvalue weighted by molar-refractivity contribution is -0.182. The molecule has 1 aromatic carbocycles. The average Bonchev–Trinajstić information content (AvgIpc) is 3.48. The molecule has 1 aliphatic rings. The van der Waals surface area contributed by atoms with E-state index in [0.717, 1.165) is 44.6 Å². The van der Waals surface area contributed by atoms with E-state index in [-0.39, 0.29) is 18.2 Å². The molecule has 0 unspecified atom stereocenters. The number of H-pyrrole nitrogens is 1. The SMILES string of the molecule is Cc1cc(CC2CCNCC2)ccc1-n1cc(C(=O)NCc2nc(C(C)(C)C(F)(F)F)n[nH]2)cn1. The summed E-state index contributed by atoms with van der Waals surface area (Å²) in [5, 5.41) is 16.5. The summed E-state index contributed by atoms with van der Waals surface area (Å²) in [5.41, 5.74) is 1.37. The van der Waals surface area contributed by atoms with E-state index in [4.69, 9.17) is 0 Å². The van der Waals surface area contributed by atoms with Crippen LogP contribution in [0.4, 0.5) is 13.2 Å². The van der Waals surface area contributed by atoms with Gasteiger partial charge in [0, 0.05) is 6.20 Å². The van der Waals surface area contributed by atoms with Crippen molar-refractivity contribution in [1.82, 2.24) is 35.6 Å². The number of rotatable bonds is 7. The zero-order valence-corrected chi connectivity index (χ0v) is 20.0. The van der Waals surface area contributed by atoms with Gasteiger partial charge in [0.05, 0.1) is 24.0 Å². The van der Waals surface area contributed by atoms with Gasteiger partial charge in [0.25, 0.3) is 5.91 Å². The van der Waals surface area contributed by atoms with E-state index in [0.29, 0.717) is 11.5 Å².